The Morgan fingerprint density at radius 1 is 1.38 bits per heavy atom. The molecule has 5 heteroatoms. The Bertz CT molecular complexity index is 319. The van der Waals surface area contributed by atoms with E-state index in [1.54, 1.807) is 7.11 Å². The van der Waals surface area contributed by atoms with E-state index < -0.39 is 0 Å². The first-order valence-corrected chi connectivity index (χ1v) is 6.08. The van der Waals surface area contributed by atoms with Gasteiger partial charge in [-0.15, -0.1) is 10.2 Å². The molecule has 0 spiro atoms. The maximum absolute atomic E-state index is 6.09. The van der Waals surface area contributed by atoms with Crippen LogP contribution in [-0.2, 0) is 4.74 Å². The highest BCUT2D eigenvalue weighted by atomic mass is 35.5. The predicted octanol–water partition coefficient (Wildman–Crippen LogP) is 3.04. The van der Waals surface area contributed by atoms with E-state index >= 15 is 0 Å². The number of aromatic nitrogens is 3. The minimum Gasteiger partial charge on any atom is -0.383 e. The van der Waals surface area contributed by atoms with Crippen LogP contribution in [0.15, 0.2) is 0 Å². The van der Waals surface area contributed by atoms with Gasteiger partial charge in [0.05, 0.1) is 12.6 Å². The largest absolute Gasteiger partial charge is 0.383 e. The predicted molar refractivity (Wildman–Crippen MR) is 64.9 cm³/mol. The Balaban J connectivity index is 3.01. The molecule has 0 saturated heterocycles. The zero-order chi connectivity index (χ0) is 12.1. The van der Waals surface area contributed by atoms with Gasteiger partial charge in [0.25, 0.3) is 0 Å². The van der Waals surface area contributed by atoms with Crippen molar-refractivity contribution in [3.8, 4) is 0 Å². The molecular weight excluding hydrogens is 226 g/mol. The quantitative estimate of drug-likeness (QED) is 0.774. The molecule has 1 unspecified atom stereocenters. The lowest BCUT2D eigenvalue weighted by Crippen LogP contribution is -2.18. The van der Waals surface area contributed by atoms with Crippen LogP contribution in [0.5, 0.6) is 0 Å². The van der Waals surface area contributed by atoms with Crippen LogP contribution in [0.1, 0.15) is 51.4 Å². The highest BCUT2D eigenvalue weighted by Crippen LogP contribution is 2.25. The van der Waals surface area contributed by atoms with Gasteiger partial charge in [0.2, 0.25) is 5.28 Å². The third kappa shape index (κ3) is 2.95. The zero-order valence-electron chi connectivity index (χ0n) is 10.4. The van der Waals surface area contributed by atoms with Gasteiger partial charge in [0.15, 0.2) is 0 Å². The lowest BCUT2D eigenvalue weighted by atomic mass is 10.1. The minimum atomic E-state index is 0.231. The molecule has 0 aliphatic heterocycles. The van der Waals surface area contributed by atoms with E-state index in [1.165, 1.54) is 0 Å². The summed E-state index contributed by atoms with van der Waals surface area (Å²) in [5.74, 6) is 1.25. The van der Waals surface area contributed by atoms with Crippen LogP contribution in [0.4, 0.5) is 0 Å². The first-order valence-electron chi connectivity index (χ1n) is 5.71. The molecule has 0 aromatic carbocycles. The molecule has 0 aliphatic carbocycles. The third-order valence-electron chi connectivity index (χ3n) is 2.54. The molecule has 0 aliphatic rings. The van der Waals surface area contributed by atoms with Crippen LogP contribution in [0.2, 0.25) is 5.28 Å². The molecule has 1 aromatic heterocycles. The number of hydrogen-bond acceptors (Lipinski definition) is 3. The highest BCUT2D eigenvalue weighted by Gasteiger charge is 2.20. The van der Waals surface area contributed by atoms with E-state index in [0.717, 1.165) is 18.7 Å². The number of hydrogen-bond donors (Lipinski definition) is 0. The van der Waals surface area contributed by atoms with E-state index in [4.69, 9.17) is 16.3 Å². The monoisotopic (exact) mass is 245 g/mol. The van der Waals surface area contributed by atoms with Gasteiger partial charge in [-0.2, -0.15) is 0 Å². The summed E-state index contributed by atoms with van der Waals surface area (Å²) in [7, 11) is 1.70. The second kappa shape index (κ2) is 6.21. The first-order chi connectivity index (χ1) is 7.61. The van der Waals surface area contributed by atoms with Gasteiger partial charge in [-0.1, -0.05) is 27.2 Å². The molecule has 0 bridgehead atoms. The number of ether oxygens (including phenoxy) is 1. The molecule has 1 atom stereocenters. The maximum atomic E-state index is 6.09. The minimum absolute atomic E-state index is 0.231. The lowest BCUT2D eigenvalue weighted by molar-refractivity contribution is 0.148. The van der Waals surface area contributed by atoms with E-state index in [2.05, 4.69) is 31.0 Å². The fourth-order valence-corrected chi connectivity index (χ4v) is 2.09. The van der Waals surface area contributed by atoms with Crippen molar-refractivity contribution in [3.05, 3.63) is 11.1 Å². The fraction of sp³-hybridized carbons (Fsp3) is 0.818. The number of methoxy groups -OCH3 is 1. The number of halogens is 1. The topological polar surface area (TPSA) is 39.9 Å². The highest BCUT2D eigenvalue weighted by molar-refractivity contribution is 6.28. The molecule has 1 rings (SSSR count). The molecule has 0 N–H and O–H groups in total. The Labute approximate surface area is 102 Å². The van der Waals surface area contributed by atoms with Crippen LogP contribution < -0.4 is 0 Å². The Morgan fingerprint density at radius 3 is 2.56 bits per heavy atom. The Morgan fingerprint density at radius 2 is 2.06 bits per heavy atom. The third-order valence-corrected chi connectivity index (χ3v) is 2.80. The van der Waals surface area contributed by atoms with E-state index in [0.29, 0.717) is 17.8 Å². The Hall–Kier alpha value is -0.610. The molecule has 4 nitrogen and oxygen atoms in total. The van der Waals surface area contributed by atoms with Crippen LogP contribution in [0.25, 0.3) is 0 Å². The normalized spacial score (nSPS) is 13.4. The van der Waals surface area contributed by atoms with Gasteiger partial charge < -0.3 is 4.74 Å². The Kier molecular flexibility index (Phi) is 5.22. The molecule has 0 fully saturated rings. The summed E-state index contributed by atoms with van der Waals surface area (Å²) in [6, 6.07) is 0.231. The molecule has 1 heterocycles. The summed E-state index contributed by atoms with van der Waals surface area (Å²) >= 11 is 6.09. The van der Waals surface area contributed by atoms with Gasteiger partial charge in [-0.05, 0) is 18.0 Å². The second-order valence-corrected chi connectivity index (χ2v) is 4.59. The zero-order valence-corrected chi connectivity index (χ0v) is 11.2. The average molecular weight is 246 g/mol. The molecule has 0 radical (unpaired) electrons. The van der Waals surface area contributed by atoms with Crippen molar-refractivity contribution in [1.82, 2.24) is 14.8 Å². The van der Waals surface area contributed by atoms with E-state index in [9.17, 15) is 0 Å². The van der Waals surface area contributed by atoms with Crippen LogP contribution in [-0.4, -0.2) is 28.5 Å². The van der Waals surface area contributed by atoms with Crippen molar-refractivity contribution in [2.75, 3.05) is 13.7 Å². The number of nitrogens with zero attached hydrogens (tertiary/aromatic N) is 3. The van der Waals surface area contributed by atoms with Crippen molar-refractivity contribution >= 4 is 11.6 Å². The van der Waals surface area contributed by atoms with Crippen molar-refractivity contribution in [2.24, 2.45) is 0 Å². The molecule has 16 heavy (non-hydrogen) atoms. The summed E-state index contributed by atoms with van der Waals surface area (Å²) in [5, 5.41) is 8.53. The average Bonchev–Trinajstić information content (AvgIpc) is 2.60. The fourth-order valence-electron chi connectivity index (χ4n) is 1.83. The standard InChI is InChI=1S/C11H20ClN3O/c1-5-6-9(7-16-4)15-10(8(2)3)13-14-11(15)12/h8-9H,5-7H2,1-4H3. The van der Waals surface area contributed by atoms with E-state index in [1.807, 2.05) is 4.57 Å². The lowest BCUT2D eigenvalue weighted by Gasteiger charge is -2.20. The van der Waals surface area contributed by atoms with Gasteiger partial charge in [0.1, 0.15) is 5.82 Å². The first kappa shape index (κ1) is 13.5. The summed E-state index contributed by atoms with van der Waals surface area (Å²) in [5.41, 5.74) is 0. The molecule has 0 saturated carbocycles. The molecule has 92 valence electrons. The molecular formula is C11H20ClN3O. The SMILES string of the molecule is CCCC(COC)n1c(Cl)nnc1C(C)C. The van der Waals surface area contributed by atoms with Crippen molar-refractivity contribution in [1.29, 1.82) is 0 Å². The summed E-state index contributed by atoms with van der Waals surface area (Å²) in [6.07, 6.45) is 2.10. The van der Waals surface area contributed by atoms with Crippen LogP contribution >= 0.6 is 11.6 Å². The number of rotatable bonds is 6. The second-order valence-electron chi connectivity index (χ2n) is 4.25. The smallest absolute Gasteiger partial charge is 0.225 e. The van der Waals surface area contributed by atoms with Crippen LogP contribution in [0.3, 0.4) is 0 Å². The summed E-state index contributed by atoms with van der Waals surface area (Å²) in [6.45, 7) is 6.97. The van der Waals surface area contributed by atoms with Gasteiger partial charge in [-0.3, -0.25) is 4.57 Å². The van der Waals surface area contributed by atoms with Crippen molar-refractivity contribution in [2.45, 2.75) is 45.6 Å². The van der Waals surface area contributed by atoms with Crippen molar-refractivity contribution < 1.29 is 4.74 Å². The van der Waals surface area contributed by atoms with Gasteiger partial charge in [-0.25, -0.2) is 0 Å². The molecule has 1 aromatic rings. The summed E-state index contributed by atoms with van der Waals surface area (Å²) < 4.78 is 7.23. The van der Waals surface area contributed by atoms with Gasteiger partial charge >= 0.3 is 0 Å². The molecule has 0 amide bonds. The van der Waals surface area contributed by atoms with Crippen molar-refractivity contribution in [3.63, 3.8) is 0 Å². The summed E-state index contributed by atoms with van der Waals surface area (Å²) in [4.78, 5) is 0. The van der Waals surface area contributed by atoms with Crippen LogP contribution in [0, 0.1) is 0 Å². The van der Waals surface area contributed by atoms with E-state index in [-0.39, 0.29) is 6.04 Å². The maximum Gasteiger partial charge on any atom is 0.225 e. The van der Waals surface area contributed by atoms with Gasteiger partial charge in [0, 0.05) is 13.0 Å².